The highest BCUT2D eigenvalue weighted by Gasteiger charge is 2.09. The Morgan fingerprint density at radius 1 is 1.00 bits per heavy atom. The Kier molecular flexibility index (Phi) is 2.91. The molecule has 2 N–H and O–H groups in total. The van der Waals surface area contributed by atoms with Gasteiger partial charge in [0.05, 0.1) is 15.7 Å². The molecule has 0 bridgehead atoms. The summed E-state index contributed by atoms with van der Waals surface area (Å²) in [4.78, 5) is 13.2. The molecule has 3 aromatic rings. The van der Waals surface area contributed by atoms with Crippen molar-refractivity contribution < 1.29 is 0 Å². The van der Waals surface area contributed by atoms with Gasteiger partial charge in [-0.3, -0.25) is 0 Å². The predicted molar refractivity (Wildman–Crippen MR) is 79.6 cm³/mol. The molecule has 94 valence electrons. The van der Waals surface area contributed by atoms with Crippen molar-refractivity contribution >= 4 is 32.7 Å². The number of pyridine rings is 1. The molecule has 0 aliphatic heterocycles. The summed E-state index contributed by atoms with van der Waals surface area (Å²) in [5.41, 5.74) is 8.29. The molecular formula is C14H11BrN4. The number of anilines is 1. The van der Waals surface area contributed by atoms with Crippen molar-refractivity contribution in [2.45, 2.75) is 6.92 Å². The molecule has 2 aromatic heterocycles. The summed E-state index contributed by atoms with van der Waals surface area (Å²) < 4.78 is 0.733. The third-order valence-corrected chi connectivity index (χ3v) is 3.85. The number of benzene rings is 1. The van der Waals surface area contributed by atoms with Crippen LogP contribution >= 0.6 is 15.9 Å². The lowest BCUT2D eigenvalue weighted by Crippen LogP contribution is -2.01. The van der Waals surface area contributed by atoms with E-state index in [9.17, 15) is 0 Å². The summed E-state index contributed by atoms with van der Waals surface area (Å²) in [7, 11) is 0. The number of aryl methyl sites for hydroxylation is 1. The Balaban J connectivity index is 2.19. The van der Waals surface area contributed by atoms with E-state index in [1.54, 1.807) is 0 Å². The average molecular weight is 315 g/mol. The molecule has 19 heavy (non-hydrogen) atoms. The van der Waals surface area contributed by atoms with Crippen LogP contribution in [-0.2, 0) is 0 Å². The van der Waals surface area contributed by atoms with Gasteiger partial charge in [0.25, 0.3) is 0 Å². The van der Waals surface area contributed by atoms with Crippen molar-refractivity contribution in [2.24, 2.45) is 0 Å². The predicted octanol–water partition coefficient (Wildman–Crippen LogP) is 3.34. The number of halogens is 1. The van der Waals surface area contributed by atoms with Gasteiger partial charge in [0.15, 0.2) is 5.82 Å². The molecule has 0 unspecified atom stereocenters. The molecule has 0 fully saturated rings. The summed E-state index contributed by atoms with van der Waals surface area (Å²) in [6.45, 7) is 1.88. The number of para-hydroxylation sites is 1. The SMILES string of the molecule is Cc1nc(-c2ccc3ccccc3n2)nc(N)c1Br. The van der Waals surface area contributed by atoms with E-state index >= 15 is 0 Å². The first-order chi connectivity index (χ1) is 9.15. The highest BCUT2D eigenvalue weighted by Crippen LogP contribution is 2.24. The number of aromatic nitrogens is 3. The number of nitrogens with zero attached hydrogens (tertiary/aromatic N) is 3. The van der Waals surface area contributed by atoms with Crippen LogP contribution in [0.1, 0.15) is 5.69 Å². The first kappa shape index (κ1) is 12.0. The normalized spacial score (nSPS) is 10.8. The van der Waals surface area contributed by atoms with Crippen LogP contribution in [0.15, 0.2) is 40.9 Å². The van der Waals surface area contributed by atoms with Gasteiger partial charge in [0, 0.05) is 5.39 Å². The van der Waals surface area contributed by atoms with Crippen LogP contribution in [0.3, 0.4) is 0 Å². The van der Waals surface area contributed by atoms with Gasteiger partial charge in [-0.1, -0.05) is 24.3 Å². The van der Waals surface area contributed by atoms with E-state index in [0.29, 0.717) is 11.6 Å². The zero-order valence-corrected chi connectivity index (χ0v) is 11.8. The maximum atomic E-state index is 5.85. The molecule has 5 heteroatoms. The molecule has 0 spiro atoms. The number of nitrogens with two attached hydrogens (primary N) is 1. The van der Waals surface area contributed by atoms with Crippen LogP contribution in [0.5, 0.6) is 0 Å². The van der Waals surface area contributed by atoms with Crippen LogP contribution in [-0.4, -0.2) is 15.0 Å². The molecule has 2 heterocycles. The number of hydrogen-bond acceptors (Lipinski definition) is 4. The lowest BCUT2D eigenvalue weighted by molar-refractivity contribution is 1.09. The van der Waals surface area contributed by atoms with Crippen LogP contribution in [0.25, 0.3) is 22.4 Å². The molecule has 0 saturated carbocycles. The van der Waals surface area contributed by atoms with Gasteiger partial charge in [-0.25, -0.2) is 15.0 Å². The molecule has 1 aromatic carbocycles. The van der Waals surface area contributed by atoms with Crippen molar-refractivity contribution in [1.82, 2.24) is 15.0 Å². The summed E-state index contributed by atoms with van der Waals surface area (Å²) in [6.07, 6.45) is 0. The van der Waals surface area contributed by atoms with Crippen molar-refractivity contribution in [3.05, 3.63) is 46.6 Å². The smallest absolute Gasteiger partial charge is 0.180 e. The third-order valence-electron chi connectivity index (χ3n) is 2.87. The fourth-order valence-corrected chi connectivity index (χ4v) is 2.06. The Morgan fingerprint density at radius 2 is 1.79 bits per heavy atom. The Hall–Kier alpha value is -2.01. The van der Waals surface area contributed by atoms with Crippen molar-refractivity contribution in [3.8, 4) is 11.5 Å². The van der Waals surface area contributed by atoms with Gasteiger partial charge >= 0.3 is 0 Å². The molecule has 0 atom stereocenters. The minimum Gasteiger partial charge on any atom is -0.383 e. The molecular weight excluding hydrogens is 304 g/mol. The molecule has 3 rings (SSSR count). The van der Waals surface area contributed by atoms with Gasteiger partial charge in [-0.2, -0.15) is 0 Å². The van der Waals surface area contributed by atoms with Gasteiger partial charge < -0.3 is 5.73 Å². The second-order valence-electron chi connectivity index (χ2n) is 4.22. The zero-order valence-electron chi connectivity index (χ0n) is 10.3. The summed E-state index contributed by atoms with van der Waals surface area (Å²) in [5, 5.41) is 1.09. The van der Waals surface area contributed by atoms with E-state index in [2.05, 4.69) is 30.9 Å². The highest BCUT2D eigenvalue weighted by atomic mass is 79.9. The van der Waals surface area contributed by atoms with Crippen molar-refractivity contribution in [1.29, 1.82) is 0 Å². The van der Waals surface area contributed by atoms with E-state index in [4.69, 9.17) is 5.73 Å². The Labute approximate surface area is 118 Å². The monoisotopic (exact) mass is 314 g/mol. The quantitative estimate of drug-likeness (QED) is 0.748. The van der Waals surface area contributed by atoms with Gasteiger partial charge in [-0.05, 0) is 35.0 Å². The van der Waals surface area contributed by atoms with E-state index in [1.165, 1.54) is 0 Å². The first-order valence-corrected chi connectivity index (χ1v) is 6.60. The first-order valence-electron chi connectivity index (χ1n) is 5.81. The molecule has 0 amide bonds. The minimum atomic E-state index is 0.428. The van der Waals surface area contributed by atoms with E-state index in [1.807, 2.05) is 43.3 Å². The molecule has 0 aliphatic rings. The van der Waals surface area contributed by atoms with Crippen molar-refractivity contribution in [3.63, 3.8) is 0 Å². The maximum absolute atomic E-state index is 5.85. The number of rotatable bonds is 1. The molecule has 4 nitrogen and oxygen atoms in total. The largest absolute Gasteiger partial charge is 0.383 e. The third kappa shape index (κ3) is 2.17. The Morgan fingerprint density at radius 3 is 2.58 bits per heavy atom. The Bertz CT molecular complexity index is 747. The van der Waals surface area contributed by atoms with Gasteiger partial charge in [0.2, 0.25) is 0 Å². The fraction of sp³-hybridized carbons (Fsp3) is 0.0714. The maximum Gasteiger partial charge on any atom is 0.180 e. The average Bonchev–Trinajstić information content (AvgIpc) is 2.43. The summed E-state index contributed by atoms with van der Waals surface area (Å²) in [5.74, 6) is 0.974. The van der Waals surface area contributed by atoms with Crippen molar-refractivity contribution in [2.75, 3.05) is 5.73 Å². The van der Waals surface area contributed by atoms with Gasteiger partial charge in [0.1, 0.15) is 11.5 Å². The van der Waals surface area contributed by atoms with Crippen LogP contribution in [0.4, 0.5) is 5.82 Å². The molecule has 0 aliphatic carbocycles. The second kappa shape index (κ2) is 4.59. The number of hydrogen-bond donors (Lipinski definition) is 1. The van der Waals surface area contributed by atoms with Crippen LogP contribution in [0, 0.1) is 6.92 Å². The van der Waals surface area contributed by atoms with E-state index < -0.39 is 0 Å². The zero-order chi connectivity index (χ0) is 13.4. The summed E-state index contributed by atoms with van der Waals surface area (Å²) in [6, 6.07) is 11.9. The number of fused-ring (bicyclic) bond motifs is 1. The second-order valence-corrected chi connectivity index (χ2v) is 5.01. The summed E-state index contributed by atoms with van der Waals surface area (Å²) >= 11 is 3.36. The molecule has 0 saturated heterocycles. The lowest BCUT2D eigenvalue weighted by Gasteiger charge is -2.06. The van der Waals surface area contributed by atoms with E-state index in [-0.39, 0.29) is 0 Å². The fourth-order valence-electron chi connectivity index (χ4n) is 1.89. The lowest BCUT2D eigenvalue weighted by atomic mass is 10.2. The minimum absolute atomic E-state index is 0.428. The topological polar surface area (TPSA) is 64.7 Å². The van der Waals surface area contributed by atoms with Crippen LogP contribution < -0.4 is 5.73 Å². The standard InChI is InChI=1S/C14H11BrN4/c1-8-12(15)13(16)19-14(17-8)11-7-6-9-4-2-3-5-10(9)18-11/h2-7H,1H3,(H2,16,17,19). The van der Waals surface area contributed by atoms with Crippen LogP contribution in [0.2, 0.25) is 0 Å². The highest BCUT2D eigenvalue weighted by molar-refractivity contribution is 9.10. The number of nitrogen functional groups attached to an aromatic ring is 1. The van der Waals surface area contributed by atoms with E-state index in [0.717, 1.165) is 26.8 Å². The molecule has 0 radical (unpaired) electrons. The van der Waals surface area contributed by atoms with Gasteiger partial charge in [-0.15, -0.1) is 0 Å².